The number of esters is 1. The highest BCUT2D eigenvalue weighted by Gasteiger charge is 2.39. The predicted molar refractivity (Wildman–Crippen MR) is 65.9 cm³/mol. The zero-order chi connectivity index (χ0) is 13.8. The van der Waals surface area contributed by atoms with Crippen LogP contribution in [0.15, 0.2) is 30.3 Å². The van der Waals surface area contributed by atoms with Crippen LogP contribution >= 0.6 is 0 Å². The number of imide groups is 1. The van der Waals surface area contributed by atoms with Crippen LogP contribution in [0.3, 0.4) is 0 Å². The molecule has 1 aromatic rings. The number of urea groups is 1. The third-order valence-corrected chi connectivity index (χ3v) is 2.81. The molecule has 0 spiro atoms. The van der Waals surface area contributed by atoms with Gasteiger partial charge in [-0.3, -0.25) is 4.79 Å². The van der Waals surface area contributed by atoms with Gasteiger partial charge in [0.2, 0.25) is 5.91 Å². The molecule has 0 radical (unpaired) electrons. The minimum Gasteiger partial charge on any atom is -0.459 e. The van der Waals surface area contributed by atoms with E-state index in [4.69, 9.17) is 4.74 Å². The van der Waals surface area contributed by atoms with Gasteiger partial charge in [0.05, 0.1) is 6.54 Å². The van der Waals surface area contributed by atoms with Crippen LogP contribution in [0.4, 0.5) is 4.79 Å². The summed E-state index contributed by atoms with van der Waals surface area (Å²) in [6.45, 7) is 1.45. The van der Waals surface area contributed by atoms with Gasteiger partial charge in [-0.1, -0.05) is 30.3 Å². The number of hydrogen-bond acceptors (Lipinski definition) is 4. The van der Waals surface area contributed by atoms with Gasteiger partial charge in [0.1, 0.15) is 6.61 Å². The highest BCUT2D eigenvalue weighted by Crippen LogP contribution is 2.11. The number of benzene rings is 1. The number of amides is 3. The van der Waals surface area contributed by atoms with Gasteiger partial charge in [0.25, 0.3) is 0 Å². The Morgan fingerprint density at radius 1 is 1.37 bits per heavy atom. The molecule has 3 amide bonds. The lowest BCUT2D eigenvalue weighted by Crippen LogP contribution is -2.43. The second kappa shape index (κ2) is 5.51. The fraction of sp³-hybridized carbons (Fsp3) is 0.308. The van der Waals surface area contributed by atoms with Crippen LogP contribution in [0, 0.1) is 0 Å². The molecule has 0 saturated carbocycles. The average Bonchev–Trinajstić information content (AvgIpc) is 2.79. The minimum absolute atomic E-state index is 0.0893. The van der Waals surface area contributed by atoms with Crippen LogP contribution in [-0.4, -0.2) is 35.4 Å². The van der Waals surface area contributed by atoms with Gasteiger partial charge in [-0.15, -0.1) is 0 Å². The van der Waals surface area contributed by atoms with E-state index in [1.165, 1.54) is 6.92 Å². The van der Waals surface area contributed by atoms with E-state index in [1.807, 2.05) is 30.3 Å². The number of rotatable bonds is 3. The molecule has 0 aliphatic carbocycles. The number of carbonyl (C=O) groups excluding carboxylic acids is 3. The van der Waals surface area contributed by atoms with Gasteiger partial charge < -0.3 is 10.1 Å². The van der Waals surface area contributed by atoms with E-state index in [-0.39, 0.29) is 13.2 Å². The van der Waals surface area contributed by atoms with Crippen molar-refractivity contribution in [3.63, 3.8) is 0 Å². The second-order valence-electron chi connectivity index (χ2n) is 4.18. The largest absolute Gasteiger partial charge is 0.459 e. The number of ether oxygens (including phenoxy) is 1. The van der Waals surface area contributed by atoms with Crippen molar-refractivity contribution in [3.8, 4) is 0 Å². The Labute approximate surface area is 110 Å². The molecule has 1 aliphatic rings. The molecule has 100 valence electrons. The molecule has 1 aromatic carbocycles. The van der Waals surface area contributed by atoms with Crippen molar-refractivity contribution >= 4 is 17.9 Å². The molecule has 0 aromatic heterocycles. The maximum atomic E-state index is 11.9. The molecule has 2 rings (SSSR count). The molecule has 1 heterocycles. The quantitative estimate of drug-likeness (QED) is 0.812. The molecule has 6 nitrogen and oxygen atoms in total. The molecule has 19 heavy (non-hydrogen) atoms. The van der Waals surface area contributed by atoms with Gasteiger partial charge in [-0.05, 0) is 5.56 Å². The Balaban J connectivity index is 1.96. The maximum absolute atomic E-state index is 11.9. The van der Waals surface area contributed by atoms with E-state index in [9.17, 15) is 14.4 Å². The average molecular weight is 262 g/mol. The number of nitrogens with one attached hydrogen (secondary N) is 1. The number of nitrogens with zero attached hydrogens (tertiary/aromatic N) is 1. The smallest absolute Gasteiger partial charge is 0.331 e. The summed E-state index contributed by atoms with van der Waals surface area (Å²) in [6, 6.07) is 7.75. The van der Waals surface area contributed by atoms with Crippen molar-refractivity contribution < 1.29 is 19.1 Å². The third-order valence-electron chi connectivity index (χ3n) is 2.81. The Morgan fingerprint density at radius 2 is 2.05 bits per heavy atom. The first-order valence-corrected chi connectivity index (χ1v) is 5.88. The summed E-state index contributed by atoms with van der Waals surface area (Å²) >= 11 is 0. The van der Waals surface area contributed by atoms with Crippen LogP contribution in [0.1, 0.15) is 12.5 Å². The van der Waals surface area contributed by atoms with E-state index in [1.54, 1.807) is 0 Å². The fourth-order valence-electron chi connectivity index (χ4n) is 1.88. The van der Waals surface area contributed by atoms with E-state index in [2.05, 4.69) is 5.32 Å². The molecule has 1 N–H and O–H groups in total. The Hall–Kier alpha value is -2.37. The molecule has 1 atom stereocenters. The number of carbonyl (C=O) groups is 3. The summed E-state index contributed by atoms with van der Waals surface area (Å²) in [5.41, 5.74) is 0.850. The molecule has 1 saturated heterocycles. The lowest BCUT2D eigenvalue weighted by molar-refractivity contribution is -0.152. The van der Waals surface area contributed by atoms with Crippen LogP contribution in [0.5, 0.6) is 0 Å². The first-order valence-electron chi connectivity index (χ1n) is 5.88. The Morgan fingerprint density at radius 3 is 2.68 bits per heavy atom. The summed E-state index contributed by atoms with van der Waals surface area (Å²) in [5.74, 6) is -1.06. The highest BCUT2D eigenvalue weighted by atomic mass is 16.5. The van der Waals surface area contributed by atoms with Crippen molar-refractivity contribution in [2.75, 3.05) is 6.54 Å². The van der Waals surface area contributed by atoms with Crippen LogP contribution in [0.2, 0.25) is 0 Å². The first-order chi connectivity index (χ1) is 9.09. The Kier molecular flexibility index (Phi) is 3.79. The first kappa shape index (κ1) is 13.1. The van der Waals surface area contributed by atoms with E-state index >= 15 is 0 Å². The van der Waals surface area contributed by atoms with Crippen LogP contribution in [-0.2, 0) is 20.9 Å². The van der Waals surface area contributed by atoms with E-state index < -0.39 is 23.9 Å². The van der Waals surface area contributed by atoms with Crippen molar-refractivity contribution in [3.05, 3.63) is 35.9 Å². The molecule has 1 fully saturated rings. The van der Waals surface area contributed by atoms with Crippen molar-refractivity contribution in [1.82, 2.24) is 10.2 Å². The minimum atomic E-state index is -0.881. The van der Waals surface area contributed by atoms with Crippen LogP contribution < -0.4 is 5.32 Å². The fourth-order valence-corrected chi connectivity index (χ4v) is 1.88. The molecular weight excluding hydrogens is 248 g/mol. The van der Waals surface area contributed by atoms with E-state index in [0.29, 0.717) is 0 Å². The van der Waals surface area contributed by atoms with Gasteiger partial charge in [0.15, 0.2) is 6.04 Å². The standard InChI is InChI=1S/C13H14N2O4/c1-9(16)15-11(7-14-13(15)18)12(17)19-8-10-5-3-2-4-6-10/h2-6,11H,7-8H2,1H3,(H,14,18)/t11-/m0/s1. The van der Waals surface area contributed by atoms with E-state index in [0.717, 1.165) is 10.5 Å². The lowest BCUT2D eigenvalue weighted by Gasteiger charge is -2.18. The van der Waals surface area contributed by atoms with Gasteiger partial charge in [-0.2, -0.15) is 0 Å². The third kappa shape index (κ3) is 2.90. The zero-order valence-corrected chi connectivity index (χ0v) is 10.5. The van der Waals surface area contributed by atoms with Gasteiger partial charge in [0, 0.05) is 6.92 Å². The van der Waals surface area contributed by atoms with Crippen molar-refractivity contribution in [2.45, 2.75) is 19.6 Å². The molecular formula is C13H14N2O4. The molecule has 0 unspecified atom stereocenters. The summed E-state index contributed by atoms with van der Waals surface area (Å²) in [6.07, 6.45) is 0. The summed E-state index contributed by atoms with van der Waals surface area (Å²) in [7, 11) is 0. The normalized spacial score (nSPS) is 18.1. The molecule has 0 bridgehead atoms. The molecule has 6 heteroatoms. The lowest BCUT2D eigenvalue weighted by atomic mass is 10.2. The zero-order valence-electron chi connectivity index (χ0n) is 10.5. The maximum Gasteiger partial charge on any atom is 0.331 e. The second-order valence-corrected chi connectivity index (χ2v) is 4.18. The van der Waals surface area contributed by atoms with Crippen molar-refractivity contribution in [2.24, 2.45) is 0 Å². The van der Waals surface area contributed by atoms with Gasteiger partial charge >= 0.3 is 12.0 Å². The summed E-state index contributed by atoms with van der Waals surface area (Å²) in [5, 5.41) is 2.45. The SMILES string of the molecule is CC(=O)N1C(=O)NC[C@H]1C(=O)OCc1ccccc1. The van der Waals surface area contributed by atoms with Crippen LogP contribution in [0.25, 0.3) is 0 Å². The monoisotopic (exact) mass is 262 g/mol. The Bertz CT molecular complexity index is 501. The van der Waals surface area contributed by atoms with Gasteiger partial charge in [-0.25, -0.2) is 14.5 Å². The number of hydrogen-bond donors (Lipinski definition) is 1. The topological polar surface area (TPSA) is 75.7 Å². The predicted octanol–water partition coefficient (Wildman–Crippen LogP) is 0.670. The summed E-state index contributed by atoms with van der Waals surface area (Å²) in [4.78, 5) is 35.4. The molecule has 1 aliphatic heterocycles. The van der Waals surface area contributed by atoms with Crippen molar-refractivity contribution in [1.29, 1.82) is 0 Å². The summed E-state index contributed by atoms with van der Waals surface area (Å²) < 4.78 is 5.12. The highest BCUT2D eigenvalue weighted by molar-refractivity contribution is 6.00.